The van der Waals surface area contributed by atoms with Crippen LogP contribution in [0.3, 0.4) is 0 Å². The summed E-state index contributed by atoms with van der Waals surface area (Å²) >= 11 is 1.60. The number of aliphatic hydroxyl groups excluding tert-OH is 1. The number of hydrogen-bond donors (Lipinski definition) is 4. The number of thiophene rings is 1. The smallest absolute Gasteiger partial charge is 0.286 e. The molecule has 178 valence electrons. The van der Waals surface area contributed by atoms with E-state index in [0.29, 0.717) is 56.6 Å². The number of rotatable bonds is 12. The molecule has 2 amide bonds. The van der Waals surface area contributed by atoms with E-state index in [1.54, 1.807) is 23.5 Å². The highest BCUT2D eigenvalue weighted by Crippen LogP contribution is 2.32. The lowest BCUT2D eigenvalue weighted by molar-refractivity contribution is -0.146. The normalized spacial score (nSPS) is 17.7. The lowest BCUT2D eigenvalue weighted by Gasteiger charge is -2.29. The predicted molar refractivity (Wildman–Crippen MR) is 129 cm³/mol. The van der Waals surface area contributed by atoms with Gasteiger partial charge in [0.2, 0.25) is 12.2 Å². The molecule has 1 aromatic heterocycles. The van der Waals surface area contributed by atoms with Gasteiger partial charge >= 0.3 is 0 Å². The zero-order valence-corrected chi connectivity index (χ0v) is 19.3. The van der Waals surface area contributed by atoms with E-state index in [9.17, 15) is 9.59 Å². The standard InChI is InChI=1S/C24H31N3O5S/c25-19-6-1-2-7-20(19)27-22(29)8-3-4-10-26-24(30)21-14-18(17-9-13-33-16-17)15-23(32-21)31-12-5-11-28/h1-2,6-7,9,13-14,16,18,23,28H,3-5,8,10-12,15,25H2,(H,26,30)(H,27,29)/t18-,23+/m1/s1. The molecule has 0 spiro atoms. The third-order valence-corrected chi connectivity index (χ3v) is 5.91. The molecule has 1 aliphatic rings. The molecule has 0 unspecified atom stereocenters. The van der Waals surface area contributed by atoms with E-state index in [1.807, 2.05) is 29.7 Å². The molecule has 0 aliphatic carbocycles. The predicted octanol–water partition coefficient (Wildman–Crippen LogP) is 3.37. The number of allylic oxidation sites excluding steroid dienone is 1. The molecule has 8 nitrogen and oxygen atoms in total. The molecule has 0 fully saturated rings. The third kappa shape index (κ3) is 7.88. The first-order valence-electron chi connectivity index (χ1n) is 11.1. The van der Waals surface area contributed by atoms with Crippen molar-refractivity contribution in [2.45, 2.75) is 44.3 Å². The number of carbonyl (C=O) groups excluding carboxylic acids is 2. The highest BCUT2D eigenvalue weighted by molar-refractivity contribution is 7.08. The summed E-state index contributed by atoms with van der Waals surface area (Å²) in [4.78, 5) is 24.8. The van der Waals surface area contributed by atoms with Crippen LogP contribution in [0.25, 0.3) is 0 Å². The van der Waals surface area contributed by atoms with Crippen LogP contribution in [0.1, 0.15) is 43.6 Å². The molecule has 2 heterocycles. The van der Waals surface area contributed by atoms with E-state index in [0.717, 1.165) is 5.56 Å². The molecule has 3 rings (SSSR count). The van der Waals surface area contributed by atoms with E-state index in [-0.39, 0.29) is 30.1 Å². The average Bonchev–Trinajstić information content (AvgIpc) is 3.35. The Hall–Kier alpha value is -2.88. The Morgan fingerprint density at radius 1 is 1.21 bits per heavy atom. The van der Waals surface area contributed by atoms with Gasteiger partial charge < -0.3 is 30.9 Å². The summed E-state index contributed by atoms with van der Waals surface area (Å²) in [6, 6.07) is 9.15. The topological polar surface area (TPSA) is 123 Å². The molecular formula is C24H31N3O5S. The number of aliphatic hydroxyl groups is 1. The quantitative estimate of drug-likeness (QED) is 0.277. The van der Waals surface area contributed by atoms with Gasteiger partial charge in [0, 0.05) is 31.9 Å². The Morgan fingerprint density at radius 3 is 2.82 bits per heavy atom. The molecule has 2 aromatic rings. The fraction of sp³-hybridized carbons (Fsp3) is 0.417. The minimum Gasteiger partial charge on any atom is -0.459 e. The minimum atomic E-state index is -0.540. The van der Waals surface area contributed by atoms with Crippen molar-refractivity contribution in [3.05, 3.63) is 58.5 Å². The summed E-state index contributed by atoms with van der Waals surface area (Å²) < 4.78 is 11.5. The number of benzene rings is 1. The Balaban J connectivity index is 1.44. The Kier molecular flexibility index (Phi) is 9.74. The SMILES string of the molecule is Nc1ccccc1NC(=O)CCCCNC(=O)C1=C[C@@H](c2ccsc2)C[C@@H](OCCCO)O1. The Morgan fingerprint density at radius 2 is 2.06 bits per heavy atom. The molecule has 2 atom stereocenters. The van der Waals surface area contributed by atoms with Gasteiger partial charge in [-0.05, 0) is 59.9 Å². The second-order valence-electron chi connectivity index (χ2n) is 7.77. The molecule has 1 aliphatic heterocycles. The number of carbonyl (C=O) groups is 2. The number of anilines is 2. The summed E-state index contributed by atoms with van der Waals surface area (Å²) in [7, 11) is 0. The molecular weight excluding hydrogens is 442 g/mol. The maximum atomic E-state index is 12.7. The first-order valence-corrected chi connectivity index (χ1v) is 12.1. The number of unbranched alkanes of at least 4 members (excludes halogenated alkanes) is 1. The van der Waals surface area contributed by atoms with Crippen molar-refractivity contribution in [2.75, 3.05) is 30.8 Å². The molecule has 0 saturated carbocycles. The molecule has 1 aromatic carbocycles. The Labute approximate surface area is 197 Å². The Bertz CT molecular complexity index is 932. The van der Waals surface area contributed by atoms with Crippen LogP contribution in [0.5, 0.6) is 0 Å². The van der Waals surface area contributed by atoms with E-state index in [2.05, 4.69) is 16.0 Å². The summed E-state index contributed by atoms with van der Waals surface area (Å²) in [5.41, 5.74) is 8.09. The van der Waals surface area contributed by atoms with E-state index in [4.69, 9.17) is 20.3 Å². The highest BCUT2D eigenvalue weighted by Gasteiger charge is 2.28. The second kappa shape index (κ2) is 13.0. The van der Waals surface area contributed by atoms with Gasteiger partial charge in [0.05, 0.1) is 18.0 Å². The van der Waals surface area contributed by atoms with Crippen LogP contribution in [0.15, 0.2) is 52.9 Å². The van der Waals surface area contributed by atoms with Gasteiger partial charge in [-0.3, -0.25) is 9.59 Å². The molecule has 0 saturated heterocycles. The maximum Gasteiger partial charge on any atom is 0.286 e. The van der Waals surface area contributed by atoms with Crippen molar-refractivity contribution >= 4 is 34.5 Å². The van der Waals surface area contributed by atoms with Gasteiger partial charge in [-0.1, -0.05) is 12.1 Å². The average molecular weight is 474 g/mol. The summed E-state index contributed by atoms with van der Waals surface area (Å²) in [6.45, 7) is 0.836. The molecule has 0 bridgehead atoms. The summed E-state index contributed by atoms with van der Waals surface area (Å²) in [5, 5.41) is 18.7. The fourth-order valence-electron chi connectivity index (χ4n) is 3.44. The van der Waals surface area contributed by atoms with Crippen LogP contribution in [-0.2, 0) is 19.1 Å². The van der Waals surface area contributed by atoms with Gasteiger partial charge in [-0.2, -0.15) is 11.3 Å². The number of nitrogens with one attached hydrogen (secondary N) is 2. The first kappa shape index (κ1) is 24.8. The van der Waals surface area contributed by atoms with Gasteiger partial charge in [0.25, 0.3) is 5.91 Å². The summed E-state index contributed by atoms with van der Waals surface area (Å²) in [5.74, 6) is -0.144. The molecule has 5 N–H and O–H groups in total. The van der Waals surface area contributed by atoms with Crippen molar-refractivity contribution < 1.29 is 24.2 Å². The van der Waals surface area contributed by atoms with Crippen LogP contribution in [0.4, 0.5) is 11.4 Å². The monoisotopic (exact) mass is 473 g/mol. The third-order valence-electron chi connectivity index (χ3n) is 5.21. The van der Waals surface area contributed by atoms with Crippen molar-refractivity contribution in [2.24, 2.45) is 0 Å². The number of nitrogens with two attached hydrogens (primary N) is 1. The molecule has 0 radical (unpaired) electrons. The van der Waals surface area contributed by atoms with Crippen LogP contribution in [-0.4, -0.2) is 43.0 Å². The first-order chi connectivity index (χ1) is 16.1. The van der Waals surface area contributed by atoms with E-state index < -0.39 is 6.29 Å². The fourth-order valence-corrected chi connectivity index (χ4v) is 4.16. The van der Waals surface area contributed by atoms with Crippen molar-refractivity contribution in [1.29, 1.82) is 0 Å². The van der Waals surface area contributed by atoms with Gasteiger partial charge in [-0.15, -0.1) is 0 Å². The van der Waals surface area contributed by atoms with Gasteiger partial charge in [-0.25, -0.2) is 0 Å². The number of amides is 2. The lowest BCUT2D eigenvalue weighted by atomic mass is 9.95. The number of para-hydroxylation sites is 2. The summed E-state index contributed by atoms with van der Waals surface area (Å²) in [6.07, 6.45) is 4.04. The highest BCUT2D eigenvalue weighted by atomic mass is 32.1. The number of hydrogen-bond acceptors (Lipinski definition) is 7. The second-order valence-corrected chi connectivity index (χ2v) is 8.55. The zero-order valence-electron chi connectivity index (χ0n) is 18.5. The van der Waals surface area contributed by atoms with Crippen molar-refractivity contribution in [1.82, 2.24) is 5.32 Å². The molecule has 9 heteroatoms. The minimum absolute atomic E-state index is 0.0268. The van der Waals surface area contributed by atoms with Crippen LogP contribution in [0.2, 0.25) is 0 Å². The van der Waals surface area contributed by atoms with Crippen LogP contribution >= 0.6 is 11.3 Å². The van der Waals surface area contributed by atoms with Crippen molar-refractivity contribution in [3.8, 4) is 0 Å². The maximum absolute atomic E-state index is 12.7. The van der Waals surface area contributed by atoms with Gasteiger partial charge in [0.15, 0.2) is 5.76 Å². The largest absolute Gasteiger partial charge is 0.459 e. The lowest BCUT2D eigenvalue weighted by Crippen LogP contribution is -2.33. The van der Waals surface area contributed by atoms with E-state index in [1.165, 1.54) is 0 Å². The zero-order chi connectivity index (χ0) is 23.5. The number of ether oxygens (including phenoxy) is 2. The molecule has 33 heavy (non-hydrogen) atoms. The van der Waals surface area contributed by atoms with Crippen LogP contribution in [0, 0.1) is 0 Å². The van der Waals surface area contributed by atoms with Crippen LogP contribution < -0.4 is 16.4 Å². The van der Waals surface area contributed by atoms with E-state index >= 15 is 0 Å². The number of nitrogen functional groups attached to an aromatic ring is 1. The van der Waals surface area contributed by atoms with Gasteiger partial charge in [0.1, 0.15) is 0 Å². The van der Waals surface area contributed by atoms with Crippen molar-refractivity contribution in [3.63, 3.8) is 0 Å².